The second-order valence-corrected chi connectivity index (χ2v) is 4.96. The van der Waals surface area contributed by atoms with E-state index in [9.17, 15) is 4.79 Å². The third-order valence-corrected chi connectivity index (χ3v) is 3.92. The number of hydrogen-bond acceptors (Lipinski definition) is 3. The number of hydrogen-bond donors (Lipinski definition) is 0. The van der Waals surface area contributed by atoms with Gasteiger partial charge >= 0.3 is 5.97 Å². The number of esters is 1. The zero-order valence-electron chi connectivity index (χ0n) is 8.75. The van der Waals surface area contributed by atoms with Crippen molar-refractivity contribution in [2.24, 2.45) is 0 Å². The van der Waals surface area contributed by atoms with Crippen LogP contribution < -0.4 is 0 Å². The van der Waals surface area contributed by atoms with Crippen LogP contribution in [0.2, 0.25) is 0 Å². The van der Waals surface area contributed by atoms with Crippen LogP contribution in [0.5, 0.6) is 0 Å². The average Bonchev–Trinajstić information content (AvgIpc) is 2.18. The first-order valence-corrected chi connectivity index (χ1v) is 6.95. The lowest BCUT2D eigenvalue weighted by atomic mass is 10.1. The fourth-order valence-corrected chi connectivity index (χ4v) is 2.90. The summed E-state index contributed by atoms with van der Waals surface area (Å²) in [5, 5.41) is 0. The van der Waals surface area contributed by atoms with E-state index in [0.29, 0.717) is 13.0 Å². The van der Waals surface area contributed by atoms with Crippen LogP contribution in [-0.2, 0) is 16.0 Å². The van der Waals surface area contributed by atoms with E-state index in [1.54, 1.807) is 11.8 Å². The molecule has 0 atom stereocenters. The van der Waals surface area contributed by atoms with Gasteiger partial charge in [-0.25, -0.2) is 0 Å². The molecule has 1 aromatic carbocycles. The van der Waals surface area contributed by atoms with Gasteiger partial charge in [0.2, 0.25) is 0 Å². The van der Waals surface area contributed by atoms with Gasteiger partial charge in [0.25, 0.3) is 0 Å². The van der Waals surface area contributed by atoms with E-state index in [2.05, 4.69) is 22.6 Å². The number of thioether (sulfide) groups is 1. The Morgan fingerprint density at radius 3 is 2.80 bits per heavy atom. The molecule has 0 saturated carbocycles. The molecule has 2 nitrogen and oxygen atoms in total. The Kier molecular flexibility index (Phi) is 5.45. The molecule has 0 aliphatic heterocycles. The molecule has 0 bridgehead atoms. The molecule has 0 amide bonds. The third kappa shape index (κ3) is 4.03. The average molecular weight is 336 g/mol. The van der Waals surface area contributed by atoms with Crippen molar-refractivity contribution in [3.05, 3.63) is 27.3 Å². The molecule has 0 saturated heterocycles. The van der Waals surface area contributed by atoms with Gasteiger partial charge < -0.3 is 4.74 Å². The number of rotatable bonds is 4. The molecule has 0 aliphatic carbocycles. The number of carbonyl (C=O) groups is 1. The van der Waals surface area contributed by atoms with E-state index in [-0.39, 0.29) is 5.97 Å². The summed E-state index contributed by atoms with van der Waals surface area (Å²) in [5.74, 6) is -0.162. The van der Waals surface area contributed by atoms with Crippen LogP contribution in [0.3, 0.4) is 0 Å². The summed E-state index contributed by atoms with van der Waals surface area (Å²) in [6.45, 7) is 2.26. The van der Waals surface area contributed by atoms with E-state index in [1.807, 2.05) is 31.4 Å². The lowest BCUT2D eigenvalue weighted by Gasteiger charge is -2.05. The first kappa shape index (κ1) is 12.8. The predicted octanol–water partition coefficient (Wildman–Crippen LogP) is 3.12. The minimum Gasteiger partial charge on any atom is -0.466 e. The Bertz CT molecular complexity index is 352. The third-order valence-electron chi connectivity index (χ3n) is 1.87. The molecule has 0 spiro atoms. The molecule has 0 unspecified atom stereocenters. The molecule has 0 heterocycles. The van der Waals surface area contributed by atoms with Crippen molar-refractivity contribution in [2.45, 2.75) is 18.2 Å². The summed E-state index contributed by atoms with van der Waals surface area (Å²) >= 11 is 3.99. The highest BCUT2D eigenvalue weighted by Gasteiger charge is 2.06. The molecular formula is C11H13IO2S. The van der Waals surface area contributed by atoms with Crippen molar-refractivity contribution < 1.29 is 9.53 Å². The molecule has 0 fully saturated rings. The summed E-state index contributed by atoms with van der Waals surface area (Å²) in [5.41, 5.74) is 1.01. The molecule has 0 N–H and O–H groups in total. The standard InChI is InChI=1S/C11H13IO2S/c1-3-14-11(13)7-8-4-5-10(15-2)9(12)6-8/h4-6H,3,7H2,1-2H3. The Morgan fingerprint density at radius 1 is 1.53 bits per heavy atom. The predicted molar refractivity (Wildman–Crippen MR) is 71.3 cm³/mol. The van der Waals surface area contributed by atoms with Crippen LogP contribution in [0.15, 0.2) is 23.1 Å². The Morgan fingerprint density at radius 2 is 2.27 bits per heavy atom. The molecule has 0 aromatic heterocycles. The van der Waals surface area contributed by atoms with Crippen molar-refractivity contribution in [1.29, 1.82) is 0 Å². The molecular weight excluding hydrogens is 323 g/mol. The van der Waals surface area contributed by atoms with Crippen molar-refractivity contribution in [3.63, 3.8) is 0 Å². The van der Waals surface area contributed by atoms with E-state index in [0.717, 1.165) is 5.56 Å². The van der Waals surface area contributed by atoms with Crippen LogP contribution in [0.4, 0.5) is 0 Å². The van der Waals surface area contributed by atoms with Gasteiger partial charge in [-0.2, -0.15) is 0 Å². The fourth-order valence-electron chi connectivity index (χ4n) is 1.20. The van der Waals surface area contributed by atoms with Gasteiger partial charge in [-0.1, -0.05) is 6.07 Å². The second kappa shape index (κ2) is 6.37. The SMILES string of the molecule is CCOC(=O)Cc1ccc(SC)c(I)c1. The van der Waals surface area contributed by atoms with Gasteiger partial charge in [0, 0.05) is 8.47 Å². The van der Waals surface area contributed by atoms with Crippen molar-refractivity contribution in [3.8, 4) is 0 Å². The van der Waals surface area contributed by atoms with Crippen LogP contribution in [0.1, 0.15) is 12.5 Å². The van der Waals surface area contributed by atoms with Crippen LogP contribution in [0, 0.1) is 3.57 Å². The van der Waals surface area contributed by atoms with Crippen molar-refractivity contribution in [1.82, 2.24) is 0 Å². The number of halogens is 1. The topological polar surface area (TPSA) is 26.3 Å². The minimum absolute atomic E-state index is 0.162. The summed E-state index contributed by atoms with van der Waals surface area (Å²) in [7, 11) is 0. The Hall–Kier alpha value is -0.230. The number of benzene rings is 1. The zero-order valence-corrected chi connectivity index (χ0v) is 11.7. The Balaban J connectivity index is 2.71. The Labute approximate surface area is 108 Å². The first-order valence-electron chi connectivity index (χ1n) is 4.65. The lowest BCUT2D eigenvalue weighted by molar-refractivity contribution is -0.142. The fraction of sp³-hybridized carbons (Fsp3) is 0.364. The monoisotopic (exact) mass is 336 g/mol. The van der Waals surface area contributed by atoms with Gasteiger partial charge in [-0.3, -0.25) is 4.79 Å². The quantitative estimate of drug-likeness (QED) is 0.480. The first-order chi connectivity index (χ1) is 7.17. The second-order valence-electron chi connectivity index (χ2n) is 2.95. The van der Waals surface area contributed by atoms with Gasteiger partial charge in [0.05, 0.1) is 13.0 Å². The summed E-state index contributed by atoms with van der Waals surface area (Å²) in [6, 6.07) is 6.05. The maximum atomic E-state index is 11.2. The smallest absolute Gasteiger partial charge is 0.310 e. The molecule has 1 rings (SSSR count). The maximum absolute atomic E-state index is 11.2. The minimum atomic E-state index is -0.162. The number of ether oxygens (including phenoxy) is 1. The highest BCUT2D eigenvalue weighted by atomic mass is 127. The molecule has 82 valence electrons. The van der Waals surface area contributed by atoms with E-state index < -0.39 is 0 Å². The molecule has 15 heavy (non-hydrogen) atoms. The van der Waals surface area contributed by atoms with Crippen LogP contribution >= 0.6 is 34.4 Å². The maximum Gasteiger partial charge on any atom is 0.310 e. The molecule has 4 heteroatoms. The summed E-state index contributed by atoms with van der Waals surface area (Å²) < 4.78 is 6.08. The molecule has 1 aromatic rings. The van der Waals surface area contributed by atoms with Gasteiger partial charge in [0.1, 0.15) is 0 Å². The summed E-state index contributed by atoms with van der Waals surface area (Å²) in [4.78, 5) is 12.5. The van der Waals surface area contributed by atoms with Crippen molar-refractivity contribution >= 4 is 40.3 Å². The highest BCUT2D eigenvalue weighted by Crippen LogP contribution is 2.23. The largest absolute Gasteiger partial charge is 0.466 e. The van der Waals surface area contributed by atoms with Crippen LogP contribution in [-0.4, -0.2) is 18.8 Å². The summed E-state index contributed by atoms with van der Waals surface area (Å²) in [6.07, 6.45) is 2.40. The normalized spacial score (nSPS) is 10.1. The van der Waals surface area contributed by atoms with E-state index in [1.165, 1.54) is 8.47 Å². The molecule has 0 radical (unpaired) electrons. The zero-order chi connectivity index (χ0) is 11.3. The molecule has 0 aliphatic rings. The lowest BCUT2D eigenvalue weighted by Crippen LogP contribution is -2.07. The van der Waals surface area contributed by atoms with Crippen molar-refractivity contribution in [2.75, 3.05) is 12.9 Å². The van der Waals surface area contributed by atoms with Gasteiger partial charge in [-0.05, 0) is 53.5 Å². The van der Waals surface area contributed by atoms with E-state index in [4.69, 9.17) is 4.74 Å². The van der Waals surface area contributed by atoms with Crippen LogP contribution in [0.25, 0.3) is 0 Å². The van der Waals surface area contributed by atoms with Gasteiger partial charge in [-0.15, -0.1) is 11.8 Å². The number of carbonyl (C=O) groups excluding carboxylic acids is 1. The highest BCUT2D eigenvalue weighted by molar-refractivity contribution is 14.1. The van der Waals surface area contributed by atoms with Gasteiger partial charge in [0.15, 0.2) is 0 Å². The van der Waals surface area contributed by atoms with E-state index >= 15 is 0 Å².